The first-order chi connectivity index (χ1) is 15.3. The van der Waals surface area contributed by atoms with E-state index in [1.54, 1.807) is 6.20 Å². The normalized spacial score (nSPS) is 23.2. The third-order valence-electron chi connectivity index (χ3n) is 6.36. The quantitative estimate of drug-likeness (QED) is 0.365. The molecule has 1 aliphatic heterocycles. The molecule has 0 spiro atoms. The highest BCUT2D eigenvalue weighted by molar-refractivity contribution is 6.30. The number of allylic oxidation sites excluding steroid dienone is 1. The zero-order valence-corrected chi connectivity index (χ0v) is 19.8. The summed E-state index contributed by atoms with van der Waals surface area (Å²) in [5.74, 6) is 0.746. The van der Waals surface area contributed by atoms with Gasteiger partial charge in [-0.2, -0.15) is 0 Å². The SMILES string of the molecule is C=CCC1(C)CC(c2cccc(Cl)c2)C(c2ccc(Cl)cc2)N(c2ncccc2C)C1=O. The summed E-state index contributed by atoms with van der Waals surface area (Å²) >= 11 is 12.6. The molecule has 0 aliphatic carbocycles. The minimum Gasteiger partial charge on any atom is -0.288 e. The molecule has 1 aliphatic rings. The van der Waals surface area contributed by atoms with Crippen molar-refractivity contribution < 1.29 is 4.79 Å². The third kappa shape index (κ3) is 4.20. The monoisotopic (exact) mass is 464 g/mol. The molecule has 1 amide bonds. The van der Waals surface area contributed by atoms with Crippen LogP contribution in [0.2, 0.25) is 10.0 Å². The number of carbonyl (C=O) groups is 1. The van der Waals surface area contributed by atoms with Gasteiger partial charge in [-0.25, -0.2) is 4.98 Å². The smallest absolute Gasteiger partial charge is 0.235 e. The molecular weight excluding hydrogens is 439 g/mol. The fraction of sp³-hybridized carbons (Fsp3) is 0.259. The molecule has 3 atom stereocenters. The molecular formula is C27H26Cl2N2O. The number of hydrogen-bond donors (Lipinski definition) is 0. The fourth-order valence-electron chi connectivity index (χ4n) is 4.81. The minimum absolute atomic E-state index is 0.0129. The minimum atomic E-state index is -0.610. The Morgan fingerprint density at radius 3 is 2.50 bits per heavy atom. The number of piperidine rings is 1. The van der Waals surface area contributed by atoms with Crippen molar-refractivity contribution in [3.05, 3.63) is 106 Å². The van der Waals surface area contributed by atoms with Crippen LogP contribution in [0.5, 0.6) is 0 Å². The van der Waals surface area contributed by atoms with Crippen LogP contribution >= 0.6 is 23.2 Å². The molecule has 164 valence electrons. The van der Waals surface area contributed by atoms with E-state index in [1.807, 2.05) is 79.4 Å². The van der Waals surface area contributed by atoms with Crippen molar-refractivity contribution in [1.82, 2.24) is 4.98 Å². The van der Waals surface area contributed by atoms with Gasteiger partial charge in [0.05, 0.1) is 11.5 Å². The van der Waals surface area contributed by atoms with Gasteiger partial charge in [0.25, 0.3) is 0 Å². The first kappa shape index (κ1) is 22.6. The van der Waals surface area contributed by atoms with E-state index in [2.05, 4.69) is 17.6 Å². The summed E-state index contributed by atoms with van der Waals surface area (Å²) in [7, 11) is 0. The lowest BCUT2D eigenvalue weighted by molar-refractivity contribution is -0.131. The summed E-state index contributed by atoms with van der Waals surface area (Å²) in [4.78, 5) is 20.6. The van der Waals surface area contributed by atoms with Crippen LogP contribution in [0.1, 0.15) is 48.4 Å². The number of hydrogen-bond acceptors (Lipinski definition) is 2. The van der Waals surface area contributed by atoms with Crippen molar-refractivity contribution in [1.29, 1.82) is 0 Å². The highest BCUT2D eigenvalue weighted by Crippen LogP contribution is 2.52. The van der Waals surface area contributed by atoms with Gasteiger partial charge in [0, 0.05) is 22.2 Å². The standard InChI is InChI=1S/C27H26Cl2N2O/c1-4-14-27(3)17-23(20-8-5-9-22(29)16-20)24(19-10-12-21(28)13-11-19)31(26(27)32)25-18(2)7-6-15-30-25/h4-13,15-16,23-24H,1,14,17H2,2-3H3. The van der Waals surface area contributed by atoms with Gasteiger partial charge in [0.2, 0.25) is 5.91 Å². The second-order valence-electron chi connectivity index (χ2n) is 8.73. The Balaban J connectivity index is 1.97. The van der Waals surface area contributed by atoms with E-state index in [4.69, 9.17) is 23.2 Å². The summed E-state index contributed by atoms with van der Waals surface area (Å²) in [6.07, 6.45) is 4.83. The van der Waals surface area contributed by atoms with Crippen LogP contribution in [0.4, 0.5) is 5.82 Å². The molecule has 2 aromatic carbocycles. The van der Waals surface area contributed by atoms with Crippen molar-refractivity contribution >= 4 is 34.9 Å². The van der Waals surface area contributed by atoms with Crippen LogP contribution in [0, 0.1) is 12.3 Å². The number of carbonyl (C=O) groups excluding carboxylic acids is 1. The number of anilines is 1. The van der Waals surface area contributed by atoms with E-state index in [0.29, 0.717) is 28.7 Å². The molecule has 0 radical (unpaired) electrons. The van der Waals surface area contributed by atoms with Crippen molar-refractivity contribution in [2.75, 3.05) is 4.90 Å². The largest absolute Gasteiger partial charge is 0.288 e. The van der Waals surface area contributed by atoms with Crippen LogP contribution in [0.3, 0.4) is 0 Å². The summed E-state index contributed by atoms with van der Waals surface area (Å²) in [6, 6.07) is 19.3. The zero-order chi connectivity index (χ0) is 22.9. The van der Waals surface area contributed by atoms with Gasteiger partial charge >= 0.3 is 0 Å². The van der Waals surface area contributed by atoms with Crippen molar-refractivity contribution in [2.24, 2.45) is 5.41 Å². The Labute approximate surface area is 199 Å². The summed E-state index contributed by atoms with van der Waals surface area (Å²) in [5, 5.41) is 1.34. The molecule has 0 bridgehead atoms. The topological polar surface area (TPSA) is 33.2 Å². The van der Waals surface area contributed by atoms with Crippen molar-refractivity contribution in [3.63, 3.8) is 0 Å². The third-order valence-corrected chi connectivity index (χ3v) is 6.85. The predicted molar refractivity (Wildman–Crippen MR) is 132 cm³/mol. The maximum Gasteiger partial charge on any atom is 0.235 e. The fourth-order valence-corrected chi connectivity index (χ4v) is 5.13. The lowest BCUT2D eigenvalue weighted by Gasteiger charge is -2.49. The lowest BCUT2D eigenvalue weighted by atomic mass is 9.67. The Morgan fingerprint density at radius 1 is 1.09 bits per heavy atom. The number of benzene rings is 2. The first-order valence-corrected chi connectivity index (χ1v) is 11.5. The number of aryl methyl sites for hydroxylation is 1. The van der Waals surface area contributed by atoms with Gasteiger partial charge in [-0.15, -0.1) is 6.58 Å². The second kappa shape index (κ2) is 9.09. The highest BCUT2D eigenvalue weighted by Gasteiger charge is 2.50. The van der Waals surface area contributed by atoms with E-state index in [9.17, 15) is 4.79 Å². The zero-order valence-electron chi connectivity index (χ0n) is 18.3. The number of aromatic nitrogens is 1. The molecule has 3 aromatic rings. The molecule has 5 heteroatoms. The molecule has 1 saturated heterocycles. The van der Waals surface area contributed by atoms with Gasteiger partial charge in [0.1, 0.15) is 5.82 Å². The summed E-state index contributed by atoms with van der Waals surface area (Å²) in [5.41, 5.74) is 2.45. The van der Waals surface area contributed by atoms with Gasteiger partial charge in [-0.05, 0) is 66.8 Å². The number of amides is 1. The van der Waals surface area contributed by atoms with Crippen LogP contribution in [-0.4, -0.2) is 10.9 Å². The van der Waals surface area contributed by atoms with Gasteiger partial charge < -0.3 is 0 Å². The van der Waals surface area contributed by atoms with E-state index in [0.717, 1.165) is 16.7 Å². The Kier molecular flexibility index (Phi) is 6.41. The maximum atomic E-state index is 14.1. The Hall–Kier alpha value is -2.62. The van der Waals surface area contributed by atoms with Gasteiger partial charge in [-0.1, -0.05) is 66.5 Å². The lowest BCUT2D eigenvalue weighted by Crippen LogP contribution is -2.52. The Morgan fingerprint density at radius 2 is 1.84 bits per heavy atom. The van der Waals surface area contributed by atoms with Gasteiger partial charge in [0.15, 0.2) is 0 Å². The van der Waals surface area contributed by atoms with E-state index in [1.165, 1.54) is 0 Å². The molecule has 2 heterocycles. The Bertz CT molecular complexity index is 1140. The van der Waals surface area contributed by atoms with Crippen LogP contribution < -0.4 is 4.90 Å². The molecule has 0 saturated carbocycles. The molecule has 0 N–H and O–H groups in total. The molecule has 4 rings (SSSR count). The van der Waals surface area contributed by atoms with Gasteiger partial charge in [-0.3, -0.25) is 9.69 Å². The van der Waals surface area contributed by atoms with Crippen molar-refractivity contribution in [3.8, 4) is 0 Å². The second-order valence-corrected chi connectivity index (χ2v) is 9.61. The maximum absolute atomic E-state index is 14.1. The average molecular weight is 465 g/mol. The number of nitrogens with zero attached hydrogens (tertiary/aromatic N) is 2. The van der Waals surface area contributed by atoms with Crippen LogP contribution in [0.25, 0.3) is 0 Å². The van der Waals surface area contributed by atoms with Crippen LogP contribution in [-0.2, 0) is 4.79 Å². The number of halogens is 2. The molecule has 3 nitrogen and oxygen atoms in total. The average Bonchev–Trinajstić information content (AvgIpc) is 2.77. The van der Waals surface area contributed by atoms with E-state index >= 15 is 0 Å². The van der Waals surface area contributed by atoms with E-state index in [-0.39, 0.29) is 17.9 Å². The summed E-state index contributed by atoms with van der Waals surface area (Å²) < 4.78 is 0. The highest BCUT2D eigenvalue weighted by atomic mass is 35.5. The molecule has 1 aromatic heterocycles. The first-order valence-electron chi connectivity index (χ1n) is 10.7. The molecule has 1 fully saturated rings. The molecule has 32 heavy (non-hydrogen) atoms. The summed E-state index contributed by atoms with van der Waals surface area (Å²) in [6.45, 7) is 7.94. The van der Waals surface area contributed by atoms with Crippen LogP contribution in [0.15, 0.2) is 79.5 Å². The number of rotatable bonds is 5. The number of pyridine rings is 1. The van der Waals surface area contributed by atoms with E-state index < -0.39 is 5.41 Å². The van der Waals surface area contributed by atoms with Crippen molar-refractivity contribution in [2.45, 2.75) is 38.6 Å². The predicted octanol–water partition coefficient (Wildman–Crippen LogP) is 7.54. The molecule has 3 unspecified atom stereocenters.